The highest BCUT2D eigenvalue weighted by Gasteiger charge is 2.24. The van der Waals surface area contributed by atoms with Crippen LogP contribution in [0.3, 0.4) is 0 Å². The van der Waals surface area contributed by atoms with Gasteiger partial charge in [-0.25, -0.2) is 4.79 Å². The number of carbonyl (C=O) groups excluding carboxylic acids is 2. The molecule has 6 heteroatoms. The lowest BCUT2D eigenvalue weighted by Crippen LogP contribution is -2.41. The van der Waals surface area contributed by atoms with Gasteiger partial charge < -0.3 is 15.7 Å². The maximum absolute atomic E-state index is 12.4. The Balaban J connectivity index is 2.97. The lowest BCUT2D eigenvalue weighted by molar-refractivity contribution is -0.139. The maximum atomic E-state index is 12.4. The molecule has 1 atom stereocenters. The molecule has 0 bridgehead atoms. The monoisotopic (exact) mass is 320 g/mol. The zero-order chi connectivity index (χ0) is 17.6. The Morgan fingerprint density at radius 2 is 1.78 bits per heavy atom. The number of carboxylic acid groups (broad SMARTS) is 1. The van der Waals surface area contributed by atoms with E-state index in [0.717, 1.165) is 0 Å². The molecular weight excluding hydrogens is 296 g/mol. The van der Waals surface area contributed by atoms with Crippen molar-refractivity contribution in [2.75, 3.05) is 5.32 Å². The van der Waals surface area contributed by atoms with E-state index in [9.17, 15) is 14.4 Å². The van der Waals surface area contributed by atoms with Crippen molar-refractivity contribution < 1.29 is 19.5 Å². The number of carbonyl (C=O) groups is 3. The van der Waals surface area contributed by atoms with E-state index in [0.29, 0.717) is 18.5 Å². The summed E-state index contributed by atoms with van der Waals surface area (Å²) in [6, 6.07) is 5.60. The van der Waals surface area contributed by atoms with E-state index >= 15 is 0 Å². The van der Waals surface area contributed by atoms with Gasteiger partial charge in [0.2, 0.25) is 5.91 Å². The second-order valence-corrected chi connectivity index (χ2v) is 6.40. The summed E-state index contributed by atoms with van der Waals surface area (Å²) in [7, 11) is 0. The zero-order valence-electron chi connectivity index (χ0n) is 14.0. The highest BCUT2D eigenvalue weighted by molar-refractivity contribution is 6.05. The standard InChI is InChI=1S/C17H24N2O4/c1-5-8-13(15(21)22)18-14(20)11-9-6-7-10-12(11)19-16(23)17(2,3)4/h6-7,9-10,13H,5,8H2,1-4H3,(H,18,20)(H,19,23)(H,21,22). The highest BCUT2D eigenvalue weighted by atomic mass is 16.4. The summed E-state index contributed by atoms with van der Waals surface area (Å²) in [5.74, 6) is -1.81. The highest BCUT2D eigenvalue weighted by Crippen LogP contribution is 2.20. The van der Waals surface area contributed by atoms with Crippen molar-refractivity contribution in [3.05, 3.63) is 29.8 Å². The average Bonchev–Trinajstić information content (AvgIpc) is 2.46. The predicted molar refractivity (Wildman–Crippen MR) is 88.3 cm³/mol. The second kappa shape index (κ2) is 7.76. The normalized spacial score (nSPS) is 12.3. The molecule has 0 aromatic heterocycles. The largest absolute Gasteiger partial charge is 0.480 e. The Labute approximate surface area is 136 Å². The quantitative estimate of drug-likeness (QED) is 0.751. The maximum Gasteiger partial charge on any atom is 0.326 e. The zero-order valence-corrected chi connectivity index (χ0v) is 14.0. The summed E-state index contributed by atoms with van der Waals surface area (Å²) in [6.07, 6.45) is 0.983. The molecule has 2 amide bonds. The fourth-order valence-electron chi connectivity index (χ4n) is 1.88. The molecule has 23 heavy (non-hydrogen) atoms. The third-order valence-corrected chi connectivity index (χ3v) is 3.28. The molecule has 126 valence electrons. The van der Waals surface area contributed by atoms with Crippen molar-refractivity contribution in [3.63, 3.8) is 0 Å². The number of carboxylic acids is 1. The van der Waals surface area contributed by atoms with Crippen LogP contribution in [0.25, 0.3) is 0 Å². The van der Waals surface area contributed by atoms with Crippen molar-refractivity contribution in [3.8, 4) is 0 Å². The van der Waals surface area contributed by atoms with E-state index in [-0.39, 0.29) is 11.5 Å². The molecule has 0 radical (unpaired) electrons. The minimum Gasteiger partial charge on any atom is -0.480 e. The second-order valence-electron chi connectivity index (χ2n) is 6.40. The Bertz CT molecular complexity index is 591. The molecule has 0 saturated heterocycles. The van der Waals surface area contributed by atoms with Gasteiger partial charge in [0.15, 0.2) is 0 Å². The summed E-state index contributed by atoms with van der Waals surface area (Å²) >= 11 is 0. The van der Waals surface area contributed by atoms with Gasteiger partial charge in [-0.2, -0.15) is 0 Å². The van der Waals surface area contributed by atoms with Gasteiger partial charge >= 0.3 is 5.97 Å². The fourth-order valence-corrected chi connectivity index (χ4v) is 1.88. The van der Waals surface area contributed by atoms with Crippen molar-refractivity contribution in [2.45, 2.75) is 46.6 Å². The number of benzene rings is 1. The number of anilines is 1. The molecule has 0 aliphatic carbocycles. The third kappa shape index (κ3) is 5.39. The number of aliphatic carboxylic acids is 1. The molecular formula is C17H24N2O4. The minimum atomic E-state index is -1.07. The predicted octanol–water partition coefficient (Wildman–Crippen LogP) is 2.65. The van der Waals surface area contributed by atoms with Gasteiger partial charge in [0.05, 0.1) is 11.3 Å². The van der Waals surface area contributed by atoms with E-state index in [2.05, 4.69) is 10.6 Å². The van der Waals surface area contributed by atoms with Crippen molar-refractivity contribution in [1.29, 1.82) is 0 Å². The number of para-hydroxylation sites is 1. The molecule has 6 nitrogen and oxygen atoms in total. The van der Waals surface area contributed by atoms with Crippen LogP contribution >= 0.6 is 0 Å². The minimum absolute atomic E-state index is 0.221. The summed E-state index contributed by atoms with van der Waals surface area (Å²) in [6.45, 7) is 7.16. The van der Waals surface area contributed by atoms with Crippen LogP contribution in [-0.4, -0.2) is 28.9 Å². The van der Waals surface area contributed by atoms with Gasteiger partial charge in [0.1, 0.15) is 6.04 Å². The summed E-state index contributed by atoms with van der Waals surface area (Å²) < 4.78 is 0. The van der Waals surface area contributed by atoms with Gasteiger partial charge in [0.25, 0.3) is 5.91 Å². The molecule has 0 spiro atoms. The van der Waals surface area contributed by atoms with E-state index in [1.165, 1.54) is 0 Å². The van der Waals surface area contributed by atoms with Crippen LogP contribution in [0.2, 0.25) is 0 Å². The van der Waals surface area contributed by atoms with Gasteiger partial charge in [-0.05, 0) is 18.6 Å². The molecule has 0 aliphatic heterocycles. The van der Waals surface area contributed by atoms with Gasteiger partial charge in [0, 0.05) is 5.41 Å². The van der Waals surface area contributed by atoms with E-state index in [4.69, 9.17) is 5.11 Å². The lowest BCUT2D eigenvalue weighted by atomic mass is 9.95. The number of hydrogen-bond donors (Lipinski definition) is 3. The summed E-state index contributed by atoms with van der Waals surface area (Å²) in [5, 5.41) is 14.4. The molecule has 0 fully saturated rings. The summed E-state index contributed by atoms with van der Waals surface area (Å²) in [4.78, 5) is 35.6. The first-order valence-electron chi connectivity index (χ1n) is 7.61. The first-order valence-corrected chi connectivity index (χ1v) is 7.61. The Morgan fingerprint density at radius 1 is 1.17 bits per heavy atom. The molecule has 0 saturated carbocycles. The molecule has 0 aliphatic rings. The smallest absolute Gasteiger partial charge is 0.326 e. The van der Waals surface area contributed by atoms with Crippen LogP contribution in [0.4, 0.5) is 5.69 Å². The lowest BCUT2D eigenvalue weighted by Gasteiger charge is -2.20. The van der Waals surface area contributed by atoms with Crippen LogP contribution in [0.15, 0.2) is 24.3 Å². The molecule has 0 heterocycles. The topological polar surface area (TPSA) is 95.5 Å². The van der Waals surface area contributed by atoms with Crippen molar-refractivity contribution in [2.24, 2.45) is 5.41 Å². The van der Waals surface area contributed by atoms with Crippen molar-refractivity contribution >= 4 is 23.5 Å². The molecule has 1 aromatic carbocycles. The molecule has 1 unspecified atom stereocenters. The summed E-state index contributed by atoms with van der Waals surface area (Å²) in [5.41, 5.74) is 0.00749. The van der Waals surface area contributed by atoms with Crippen molar-refractivity contribution in [1.82, 2.24) is 5.32 Å². The van der Waals surface area contributed by atoms with Crippen LogP contribution in [0.1, 0.15) is 50.9 Å². The third-order valence-electron chi connectivity index (χ3n) is 3.28. The van der Waals surface area contributed by atoms with Gasteiger partial charge in [-0.1, -0.05) is 46.2 Å². The van der Waals surface area contributed by atoms with E-state index in [1.54, 1.807) is 45.0 Å². The molecule has 1 rings (SSSR count). The molecule has 1 aromatic rings. The SMILES string of the molecule is CCCC(NC(=O)c1ccccc1NC(=O)C(C)(C)C)C(=O)O. The van der Waals surface area contributed by atoms with E-state index in [1.807, 2.05) is 6.92 Å². The fraction of sp³-hybridized carbons (Fsp3) is 0.471. The number of amides is 2. The Kier molecular flexibility index (Phi) is 6.30. The van der Waals surface area contributed by atoms with Gasteiger partial charge in [-0.3, -0.25) is 9.59 Å². The van der Waals surface area contributed by atoms with Crippen LogP contribution < -0.4 is 10.6 Å². The van der Waals surface area contributed by atoms with Gasteiger partial charge in [-0.15, -0.1) is 0 Å². The first-order chi connectivity index (χ1) is 10.7. The van der Waals surface area contributed by atoms with Crippen LogP contribution in [0, 0.1) is 5.41 Å². The first kappa shape index (κ1) is 18.7. The van der Waals surface area contributed by atoms with E-state index < -0.39 is 23.3 Å². The number of rotatable bonds is 6. The van der Waals surface area contributed by atoms with Crippen LogP contribution in [-0.2, 0) is 9.59 Å². The Hall–Kier alpha value is -2.37. The molecule has 3 N–H and O–H groups in total. The Morgan fingerprint density at radius 3 is 2.30 bits per heavy atom. The average molecular weight is 320 g/mol. The number of hydrogen-bond acceptors (Lipinski definition) is 3. The van der Waals surface area contributed by atoms with Crippen LogP contribution in [0.5, 0.6) is 0 Å². The number of nitrogens with one attached hydrogen (secondary N) is 2.